The monoisotopic (exact) mass is 206 g/mol. The van der Waals surface area contributed by atoms with Gasteiger partial charge in [-0.2, -0.15) is 0 Å². The number of hydrogen-bond acceptors (Lipinski definition) is 5. The van der Waals surface area contributed by atoms with E-state index in [1.807, 2.05) is 0 Å². The summed E-state index contributed by atoms with van der Waals surface area (Å²) in [5.74, 6) is 0.594. The third-order valence-electron chi connectivity index (χ3n) is 1.37. The molecule has 0 aromatic heterocycles. The molecule has 3 nitrogen and oxygen atoms in total. The minimum Gasteiger partial charge on any atom is -0.471 e. The topological polar surface area (TPSA) is 35.5 Å². The Balaban J connectivity index is 2.16. The Morgan fingerprint density at radius 1 is 1.92 bits per heavy atom. The van der Waals surface area contributed by atoms with Crippen LogP contribution in [0.3, 0.4) is 0 Å². The Kier molecular flexibility index (Phi) is 3.81. The summed E-state index contributed by atoms with van der Waals surface area (Å²) < 4.78 is 10.6. The molecular weight excluding hydrogens is 196 g/mol. The van der Waals surface area contributed by atoms with E-state index in [9.17, 15) is 4.79 Å². The van der Waals surface area contributed by atoms with Crippen molar-refractivity contribution in [1.82, 2.24) is 0 Å². The van der Waals surface area contributed by atoms with E-state index in [2.05, 4.69) is 0 Å². The Morgan fingerprint density at radius 2 is 2.67 bits per heavy atom. The first-order valence-electron chi connectivity index (χ1n) is 3.71. The van der Waals surface area contributed by atoms with Crippen molar-refractivity contribution in [3.63, 3.8) is 0 Å². The van der Waals surface area contributed by atoms with Crippen molar-refractivity contribution >= 4 is 34.3 Å². The summed E-state index contributed by atoms with van der Waals surface area (Å²) in [6.45, 7) is 2.08. The molecule has 0 bridgehead atoms. The van der Waals surface area contributed by atoms with Gasteiger partial charge in [-0.25, -0.2) is 0 Å². The van der Waals surface area contributed by atoms with Crippen molar-refractivity contribution in [1.29, 1.82) is 0 Å². The predicted octanol–water partition coefficient (Wildman–Crippen LogP) is 1.36. The van der Waals surface area contributed by atoms with Crippen LogP contribution in [0.2, 0.25) is 0 Å². The van der Waals surface area contributed by atoms with Crippen molar-refractivity contribution < 1.29 is 14.3 Å². The SMILES string of the molecule is CCC(=O)OCC1CSC(=S)O1. The van der Waals surface area contributed by atoms with Gasteiger partial charge in [0, 0.05) is 12.2 Å². The lowest BCUT2D eigenvalue weighted by Gasteiger charge is -2.08. The zero-order chi connectivity index (χ0) is 8.97. The van der Waals surface area contributed by atoms with Crippen molar-refractivity contribution in [3.8, 4) is 0 Å². The molecule has 0 aliphatic carbocycles. The summed E-state index contributed by atoms with van der Waals surface area (Å²) in [7, 11) is 0. The van der Waals surface area contributed by atoms with Crippen molar-refractivity contribution in [3.05, 3.63) is 0 Å². The van der Waals surface area contributed by atoms with Crippen molar-refractivity contribution in [2.24, 2.45) is 0 Å². The van der Waals surface area contributed by atoms with Gasteiger partial charge in [-0.05, 0) is 12.2 Å². The molecule has 1 aliphatic rings. The molecule has 0 spiro atoms. The van der Waals surface area contributed by atoms with Crippen LogP contribution < -0.4 is 0 Å². The second kappa shape index (κ2) is 4.67. The van der Waals surface area contributed by atoms with Gasteiger partial charge in [0.15, 0.2) is 0 Å². The van der Waals surface area contributed by atoms with E-state index in [1.165, 1.54) is 11.8 Å². The van der Waals surface area contributed by atoms with E-state index in [0.29, 0.717) is 17.4 Å². The van der Waals surface area contributed by atoms with Crippen LogP contribution >= 0.6 is 24.0 Å². The minimum absolute atomic E-state index is 0.0435. The highest BCUT2D eigenvalue weighted by atomic mass is 32.2. The molecule has 1 aliphatic heterocycles. The molecule has 0 N–H and O–H groups in total. The fourth-order valence-electron chi connectivity index (χ4n) is 0.735. The van der Waals surface area contributed by atoms with Gasteiger partial charge in [0.25, 0.3) is 0 Å². The molecule has 68 valence electrons. The second-order valence-corrected chi connectivity index (χ2v) is 3.96. The van der Waals surface area contributed by atoms with E-state index >= 15 is 0 Å². The highest BCUT2D eigenvalue weighted by molar-refractivity contribution is 8.22. The van der Waals surface area contributed by atoms with Crippen LogP contribution in [-0.2, 0) is 14.3 Å². The highest BCUT2D eigenvalue weighted by Gasteiger charge is 2.22. The Labute approximate surface area is 80.8 Å². The Hall–Kier alpha value is -0.290. The molecule has 0 aromatic carbocycles. The van der Waals surface area contributed by atoms with Crippen LogP contribution in [0, 0.1) is 0 Å². The minimum atomic E-state index is -0.193. The van der Waals surface area contributed by atoms with Gasteiger partial charge in [0.2, 0.25) is 4.38 Å². The van der Waals surface area contributed by atoms with E-state index in [4.69, 9.17) is 21.7 Å². The van der Waals surface area contributed by atoms with E-state index in [-0.39, 0.29) is 12.1 Å². The molecule has 12 heavy (non-hydrogen) atoms. The zero-order valence-electron chi connectivity index (χ0n) is 6.74. The lowest BCUT2D eigenvalue weighted by atomic mass is 10.4. The summed E-state index contributed by atoms with van der Waals surface area (Å²) in [5.41, 5.74) is 0. The first-order chi connectivity index (χ1) is 5.72. The first kappa shape index (κ1) is 9.80. The average molecular weight is 206 g/mol. The van der Waals surface area contributed by atoms with Gasteiger partial charge in [0.1, 0.15) is 12.7 Å². The summed E-state index contributed by atoms with van der Waals surface area (Å²) in [4.78, 5) is 10.7. The molecule has 1 fully saturated rings. The lowest BCUT2D eigenvalue weighted by molar-refractivity contribution is -0.145. The summed E-state index contributed by atoms with van der Waals surface area (Å²) >= 11 is 6.29. The van der Waals surface area contributed by atoms with Crippen LogP contribution in [0.15, 0.2) is 0 Å². The third-order valence-corrected chi connectivity index (χ3v) is 2.69. The van der Waals surface area contributed by atoms with E-state index < -0.39 is 0 Å². The molecule has 1 unspecified atom stereocenters. The van der Waals surface area contributed by atoms with Crippen LogP contribution in [0.1, 0.15) is 13.3 Å². The number of hydrogen-bond donors (Lipinski definition) is 0. The summed E-state index contributed by atoms with van der Waals surface area (Å²) in [6.07, 6.45) is 0.364. The maximum atomic E-state index is 10.7. The molecule has 0 radical (unpaired) electrons. The van der Waals surface area contributed by atoms with Gasteiger partial charge < -0.3 is 9.47 Å². The second-order valence-electron chi connectivity index (χ2n) is 2.34. The molecule has 1 heterocycles. The summed E-state index contributed by atoms with van der Waals surface area (Å²) in [6, 6.07) is 0. The third kappa shape index (κ3) is 2.98. The normalized spacial score (nSPS) is 22.1. The standard InChI is InChI=1S/C7H10O3S2/c1-2-6(8)9-3-5-4-12-7(11)10-5/h5H,2-4H2,1H3. The fraction of sp³-hybridized carbons (Fsp3) is 0.714. The number of carbonyl (C=O) groups excluding carboxylic acids is 1. The van der Waals surface area contributed by atoms with Crippen LogP contribution in [-0.4, -0.2) is 28.8 Å². The Bertz CT molecular complexity index is 193. The quantitative estimate of drug-likeness (QED) is 0.514. The Morgan fingerprint density at radius 3 is 3.17 bits per heavy atom. The molecule has 0 saturated carbocycles. The average Bonchev–Trinajstić information content (AvgIpc) is 2.47. The fourth-order valence-corrected chi connectivity index (χ4v) is 1.77. The molecular formula is C7H10O3S2. The van der Waals surface area contributed by atoms with Crippen molar-refractivity contribution in [2.45, 2.75) is 19.4 Å². The molecule has 0 amide bonds. The summed E-state index contributed by atoms with van der Waals surface area (Å²) in [5, 5.41) is 0. The highest BCUT2D eigenvalue weighted by Crippen LogP contribution is 2.19. The van der Waals surface area contributed by atoms with Gasteiger partial charge in [-0.15, -0.1) is 0 Å². The van der Waals surface area contributed by atoms with Crippen molar-refractivity contribution in [2.75, 3.05) is 12.4 Å². The predicted molar refractivity (Wildman–Crippen MR) is 51.2 cm³/mol. The number of thioether (sulfide) groups is 1. The van der Waals surface area contributed by atoms with Crippen LogP contribution in [0.5, 0.6) is 0 Å². The van der Waals surface area contributed by atoms with Gasteiger partial charge in [-0.1, -0.05) is 18.7 Å². The number of carbonyl (C=O) groups is 1. The van der Waals surface area contributed by atoms with Gasteiger partial charge in [0.05, 0.1) is 0 Å². The lowest BCUT2D eigenvalue weighted by Crippen LogP contribution is -2.20. The molecule has 1 atom stereocenters. The molecule has 5 heteroatoms. The largest absolute Gasteiger partial charge is 0.471 e. The van der Waals surface area contributed by atoms with Crippen LogP contribution in [0.25, 0.3) is 0 Å². The van der Waals surface area contributed by atoms with E-state index in [1.54, 1.807) is 6.92 Å². The molecule has 0 aromatic rings. The first-order valence-corrected chi connectivity index (χ1v) is 5.10. The maximum absolute atomic E-state index is 10.7. The molecule has 1 rings (SSSR count). The number of thiocarbonyl (C=S) groups is 1. The number of ether oxygens (including phenoxy) is 2. The smallest absolute Gasteiger partial charge is 0.305 e. The van der Waals surface area contributed by atoms with Gasteiger partial charge >= 0.3 is 5.97 Å². The zero-order valence-corrected chi connectivity index (χ0v) is 8.37. The van der Waals surface area contributed by atoms with Crippen LogP contribution in [0.4, 0.5) is 0 Å². The van der Waals surface area contributed by atoms with E-state index in [0.717, 1.165) is 5.75 Å². The maximum Gasteiger partial charge on any atom is 0.305 e. The number of esters is 1. The van der Waals surface area contributed by atoms with Gasteiger partial charge in [-0.3, -0.25) is 4.79 Å². The molecule has 1 saturated heterocycles. The number of rotatable bonds is 3.